The van der Waals surface area contributed by atoms with Crippen LogP contribution in [0.2, 0.25) is 0 Å². The average Bonchev–Trinajstić information content (AvgIpc) is 2.43. The first kappa shape index (κ1) is 15.9. The third-order valence-electron chi connectivity index (χ3n) is 3.00. The minimum atomic E-state index is -0.404. The molecule has 0 spiro atoms. The van der Waals surface area contributed by atoms with Gasteiger partial charge in [0.25, 0.3) is 0 Å². The number of allylic oxidation sites excluding steroid dienone is 1. The molecule has 0 saturated carbocycles. The van der Waals surface area contributed by atoms with E-state index >= 15 is 0 Å². The fraction of sp³-hybridized carbons (Fsp3) is 0.500. The zero-order valence-corrected chi connectivity index (χ0v) is 11.6. The van der Waals surface area contributed by atoms with Crippen molar-refractivity contribution in [3.05, 3.63) is 47.5 Å². The van der Waals surface area contributed by atoms with Crippen molar-refractivity contribution in [1.29, 1.82) is 0 Å². The largest absolute Gasteiger partial charge is 0.396 e. The minimum Gasteiger partial charge on any atom is -0.396 e. The molecule has 3 heteroatoms. The fourth-order valence-corrected chi connectivity index (χ4v) is 1.74. The number of hydrogen-bond acceptors (Lipinski definition) is 3. The van der Waals surface area contributed by atoms with Gasteiger partial charge in [-0.1, -0.05) is 42.0 Å². The topological polar surface area (TPSA) is 49.7 Å². The third kappa shape index (κ3) is 7.78. The molecule has 0 bridgehead atoms. The van der Waals surface area contributed by atoms with Crippen molar-refractivity contribution < 1.29 is 14.9 Å². The predicted octanol–water partition coefficient (Wildman–Crippen LogP) is 2.67. The van der Waals surface area contributed by atoms with Crippen LogP contribution in [0.4, 0.5) is 0 Å². The van der Waals surface area contributed by atoms with Crippen LogP contribution in [-0.2, 0) is 11.3 Å². The van der Waals surface area contributed by atoms with Gasteiger partial charge in [-0.15, -0.1) is 0 Å². The Labute approximate surface area is 115 Å². The Morgan fingerprint density at radius 3 is 2.68 bits per heavy atom. The van der Waals surface area contributed by atoms with Crippen LogP contribution in [0.25, 0.3) is 0 Å². The molecule has 3 nitrogen and oxygen atoms in total. The Balaban J connectivity index is 2.14. The van der Waals surface area contributed by atoms with Gasteiger partial charge < -0.3 is 14.9 Å². The van der Waals surface area contributed by atoms with Gasteiger partial charge in [0, 0.05) is 6.61 Å². The quantitative estimate of drug-likeness (QED) is 0.532. The summed E-state index contributed by atoms with van der Waals surface area (Å²) in [4.78, 5) is 0. The second-order valence-electron chi connectivity index (χ2n) is 4.76. The van der Waals surface area contributed by atoms with Crippen LogP contribution >= 0.6 is 0 Å². The highest BCUT2D eigenvalue weighted by atomic mass is 16.5. The number of ether oxygens (including phenoxy) is 1. The van der Waals surface area contributed by atoms with Crippen molar-refractivity contribution in [2.45, 2.75) is 38.9 Å². The summed E-state index contributed by atoms with van der Waals surface area (Å²) in [7, 11) is 0. The van der Waals surface area contributed by atoms with Gasteiger partial charge in [-0.2, -0.15) is 0 Å². The molecule has 0 saturated heterocycles. The molecule has 19 heavy (non-hydrogen) atoms. The molecule has 2 N–H and O–H groups in total. The highest BCUT2D eigenvalue weighted by Gasteiger charge is 2.02. The standard InChI is InChI=1S/C16H24O3/c1-14(7-8-16(18)9-11-17)10-12-19-13-15-5-3-2-4-6-15/h2-6,10,16-18H,7-9,11-13H2,1H3/b14-10+. The third-order valence-corrected chi connectivity index (χ3v) is 3.00. The normalized spacial score (nSPS) is 13.5. The maximum atomic E-state index is 9.50. The Morgan fingerprint density at radius 2 is 2.00 bits per heavy atom. The van der Waals surface area contributed by atoms with Crippen LogP contribution in [0.15, 0.2) is 42.0 Å². The lowest BCUT2D eigenvalue weighted by Crippen LogP contribution is -2.08. The lowest BCUT2D eigenvalue weighted by Gasteiger charge is -2.08. The first-order valence-electron chi connectivity index (χ1n) is 6.78. The van der Waals surface area contributed by atoms with E-state index in [-0.39, 0.29) is 6.61 Å². The summed E-state index contributed by atoms with van der Waals surface area (Å²) in [6, 6.07) is 10.1. The number of aliphatic hydroxyl groups is 2. The molecule has 0 aliphatic rings. The van der Waals surface area contributed by atoms with Gasteiger partial charge in [0.05, 0.1) is 19.3 Å². The molecule has 0 heterocycles. The van der Waals surface area contributed by atoms with E-state index in [0.29, 0.717) is 26.1 Å². The van der Waals surface area contributed by atoms with Crippen molar-refractivity contribution in [1.82, 2.24) is 0 Å². The van der Waals surface area contributed by atoms with Gasteiger partial charge in [0.2, 0.25) is 0 Å². The molecule has 1 unspecified atom stereocenters. The van der Waals surface area contributed by atoms with Crippen molar-refractivity contribution in [2.24, 2.45) is 0 Å². The van der Waals surface area contributed by atoms with Crippen molar-refractivity contribution in [3.63, 3.8) is 0 Å². The molecule has 1 rings (SSSR count). The number of rotatable bonds is 9. The molecule has 1 aromatic carbocycles. The fourth-order valence-electron chi connectivity index (χ4n) is 1.74. The van der Waals surface area contributed by atoms with Gasteiger partial charge >= 0.3 is 0 Å². The first-order chi connectivity index (χ1) is 9.22. The summed E-state index contributed by atoms with van der Waals surface area (Å²) in [6.45, 7) is 3.30. The Morgan fingerprint density at radius 1 is 1.26 bits per heavy atom. The highest BCUT2D eigenvalue weighted by molar-refractivity contribution is 5.13. The average molecular weight is 264 g/mol. The highest BCUT2D eigenvalue weighted by Crippen LogP contribution is 2.09. The number of hydrogen-bond donors (Lipinski definition) is 2. The molecule has 0 radical (unpaired) electrons. The predicted molar refractivity (Wildman–Crippen MR) is 76.8 cm³/mol. The van der Waals surface area contributed by atoms with Gasteiger partial charge in [-0.25, -0.2) is 0 Å². The Bertz CT molecular complexity index is 360. The molecule has 0 aromatic heterocycles. The van der Waals surface area contributed by atoms with Crippen molar-refractivity contribution in [3.8, 4) is 0 Å². The molecule has 0 aliphatic heterocycles. The lowest BCUT2D eigenvalue weighted by atomic mass is 10.1. The van der Waals surface area contributed by atoms with E-state index in [1.807, 2.05) is 37.3 Å². The van der Waals surface area contributed by atoms with Gasteiger partial charge in [-0.05, 0) is 31.7 Å². The van der Waals surface area contributed by atoms with E-state index in [0.717, 1.165) is 6.42 Å². The molecule has 0 aliphatic carbocycles. The summed E-state index contributed by atoms with van der Waals surface area (Å²) in [6.07, 6.45) is 3.64. The van der Waals surface area contributed by atoms with E-state index in [2.05, 4.69) is 6.08 Å². The van der Waals surface area contributed by atoms with Crippen LogP contribution in [0.3, 0.4) is 0 Å². The van der Waals surface area contributed by atoms with Crippen LogP contribution in [-0.4, -0.2) is 29.5 Å². The summed E-state index contributed by atoms with van der Waals surface area (Å²) >= 11 is 0. The van der Waals surface area contributed by atoms with Crippen LogP contribution in [0.1, 0.15) is 31.7 Å². The maximum Gasteiger partial charge on any atom is 0.0721 e. The van der Waals surface area contributed by atoms with Crippen molar-refractivity contribution >= 4 is 0 Å². The maximum absolute atomic E-state index is 9.50. The van der Waals surface area contributed by atoms with Crippen molar-refractivity contribution in [2.75, 3.05) is 13.2 Å². The zero-order chi connectivity index (χ0) is 13.9. The molecule has 106 valence electrons. The smallest absolute Gasteiger partial charge is 0.0721 e. The Kier molecular flexibility index (Phi) is 8.14. The minimum absolute atomic E-state index is 0.0457. The second-order valence-corrected chi connectivity index (χ2v) is 4.76. The van der Waals surface area contributed by atoms with Crippen LogP contribution in [0.5, 0.6) is 0 Å². The molecule has 1 aromatic rings. The van der Waals surface area contributed by atoms with Crippen LogP contribution in [0, 0.1) is 0 Å². The van der Waals surface area contributed by atoms with E-state index in [1.54, 1.807) is 0 Å². The van der Waals surface area contributed by atoms with E-state index in [9.17, 15) is 5.11 Å². The number of aliphatic hydroxyl groups excluding tert-OH is 2. The number of benzene rings is 1. The van der Waals surface area contributed by atoms with Gasteiger partial charge in [0.1, 0.15) is 0 Å². The molecule has 0 amide bonds. The van der Waals surface area contributed by atoms with Gasteiger partial charge in [0.15, 0.2) is 0 Å². The molecule has 1 atom stereocenters. The van der Waals surface area contributed by atoms with E-state index in [4.69, 9.17) is 9.84 Å². The SMILES string of the molecule is C/C(=C\COCc1ccccc1)CCC(O)CCO. The van der Waals surface area contributed by atoms with E-state index in [1.165, 1.54) is 11.1 Å². The van der Waals surface area contributed by atoms with Gasteiger partial charge in [-0.3, -0.25) is 0 Å². The Hall–Kier alpha value is -1.16. The lowest BCUT2D eigenvalue weighted by molar-refractivity contribution is 0.125. The zero-order valence-electron chi connectivity index (χ0n) is 11.6. The molecular weight excluding hydrogens is 240 g/mol. The van der Waals surface area contributed by atoms with E-state index < -0.39 is 6.10 Å². The van der Waals surface area contributed by atoms with Crippen LogP contribution < -0.4 is 0 Å². The summed E-state index contributed by atoms with van der Waals surface area (Å²) in [5, 5.41) is 18.2. The summed E-state index contributed by atoms with van der Waals surface area (Å²) in [5.74, 6) is 0. The molecule has 0 fully saturated rings. The summed E-state index contributed by atoms with van der Waals surface area (Å²) in [5.41, 5.74) is 2.39. The monoisotopic (exact) mass is 264 g/mol. The summed E-state index contributed by atoms with van der Waals surface area (Å²) < 4.78 is 5.57. The molecular formula is C16H24O3. The second kappa shape index (κ2) is 9.73. The first-order valence-corrected chi connectivity index (χ1v) is 6.78.